The fourth-order valence-electron chi connectivity index (χ4n) is 2.00. The number of aliphatic carboxylic acids is 1. The number of hydrogen-bond acceptors (Lipinski definition) is 4. The zero-order chi connectivity index (χ0) is 15.4. The number of unbranched alkanes of at least 4 members (excludes halogenated alkanes) is 7. The van der Waals surface area contributed by atoms with Crippen molar-refractivity contribution < 1.29 is 49.7 Å². The summed E-state index contributed by atoms with van der Waals surface area (Å²) in [4.78, 5) is 14.3. The van der Waals surface area contributed by atoms with Crippen molar-refractivity contribution >= 4 is 11.9 Å². The van der Waals surface area contributed by atoms with E-state index >= 15 is 0 Å². The van der Waals surface area contributed by atoms with Crippen LogP contribution in [-0.4, -0.2) is 34.2 Å². The molecule has 0 heterocycles. The van der Waals surface area contributed by atoms with E-state index in [4.69, 9.17) is 5.11 Å². The summed E-state index contributed by atoms with van der Waals surface area (Å²) in [6.45, 7) is 3.51. The second kappa shape index (κ2) is 14.8. The Kier molecular flexibility index (Phi) is 16.4. The molecule has 5 nitrogen and oxygen atoms in total. The van der Waals surface area contributed by atoms with Crippen molar-refractivity contribution in [2.45, 2.75) is 83.8 Å². The molecule has 0 amide bonds. The van der Waals surface area contributed by atoms with Crippen LogP contribution in [0.3, 0.4) is 0 Å². The van der Waals surface area contributed by atoms with Gasteiger partial charge in [-0.2, -0.15) is 0 Å². The van der Waals surface area contributed by atoms with Crippen molar-refractivity contribution in [3.05, 3.63) is 0 Å². The maximum absolute atomic E-state index is 11.5. The number of aliphatic hydroxyl groups is 1. The second-order valence-electron chi connectivity index (χ2n) is 5.27. The number of carboxylic acid groups (broad SMARTS) is 1. The standard InChI is InChI=1S/C15H29NO4.Na/c1-3-4-5-6-7-8-9-10-11-13(18)16-14(12(2)17)15(19)20;/h12,14,17H,3-11H2,1-2H3,(H,16,18)(H,19,20);/q;+1/p-1/t12-,14+;/m1./s1. The zero-order valence-corrected chi connectivity index (χ0v) is 15.7. The second-order valence-corrected chi connectivity index (χ2v) is 5.27. The maximum atomic E-state index is 11.5. The zero-order valence-electron chi connectivity index (χ0n) is 13.7. The molecule has 0 aromatic heterocycles. The Labute approximate surface area is 150 Å². The average molecular weight is 309 g/mol. The number of nitrogens with zero attached hydrogens (tertiary/aromatic N) is 1. The van der Waals surface area contributed by atoms with Crippen LogP contribution in [0.2, 0.25) is 0 Å². The van der Waals surface area contributed by atoms with E-state index in [0.29, 0.717) is 0 Å². The quantitative estimate of drug-likeness (QED) is 0.212. The molecule has 21 heavy (non-hydrogen) atoms. The third kappa shape index (κ3) is 13.3. The molecular weight excluding hydrogens is 281 g/mol. The van der Waals surface area contributed by atoms with Crippen molar-refractivity contribution in [2.24, 2.45) is 4.99 Å². The molecule has 0 aliphatic rings. The molecule has 2 atom stereocenters. The molecule has 118 valence electrons. The SMILES string of the molecule is CCCCCCCCCCC([O-])=N[C@H](C(=O)O)[C@@H](C)O.[Na+]. The topological polar surface area (TPSA) is 93.0 Å². The van der Waals surface area contributed by atoms with Gasteiger partial charge in [-0.25, -0.2) is 4.79 Å². The molecule has 0 radical (unpaired) electrons. The van der Waals surface area contributed by atoms with E-state index in [2.05, 4.69) is 11.9 Å². The number of carbonyl (C=O) groups is 1. The predicted molar refractivity (Wildman–Crippen MR) is 77.8 cm³/mol. The first-order valence-electron chi connectivity index (χ1n) is 7.63. The molecule has 0 aliphatic heterocycles. The fraction of sp³-hybridized carbons (Fsp3) is 0.867. The molecule has 6 heteroatoms. The van der Waals surface area contributed by atoms with Crippen molar-refractivity contribution in [2.75, 3.05) is 0 Å². The van der Waals surface area contributed by atoms with Crippen LogP contribution in [0.25, 0.3) is 0 Å². The molecule has 0 fully saturated rings. The molecule has 0 unspecified atom stereocenters. The van der Waals surface area contributed by atoms with Crippen LogP contribution in [0.5, 0.6) is 0 Å². The molecule has 0 spiro atoms. The summed E-state index contributed by atoms with van der Waals surface area (Å²) in [5, 5.41) is 29.5. The van der Waals surface area contributed by atoms with Crippen LogP contribution in [0.15, 0.2) is 4.99 Å². The van der Waals surface area contributed by atoms with Gasteiger partial charge in [-0.3, -0.25) is 4.99 Å². The summed E-state index contributed by atoms with van der Waals surface area (Å²) >= 11 is 0. The van der Waals surface area contributed by atoms with Gasteiger partial charge < -0.3 is 15.3 Å². The number of aliphatic imine (C=N–C) groups is 1. The minimum Gasteiger partial charge on any atom is -0.862 e. The van der Waals surface area contributed by atoms with Gasteiger partial charge in [-0.1, -0.05) is 51.9 Å². The Morgan fingerprint density at radius 2 is 1.57 bits per heavy atom. The van der Waals surface area contributed by atoms with E-state index in [0.717, 1.165) is 19.3 Å². The third-order valence-electron chi connectivity index (χ3n) is 3.24. The van der Waals surface area contributed by atoms with Crippen molar-refractivity contribution in [3.63, 3.8) is 0 Å². The van der Waals surface area contributed by atoms with Crippen LogP contribution >= 0.6 is 0 Å². The van der Waals surface area contributed by atoms with E-state index < -0.39 is 24.0 Å². The smallest absolute Gasteiger partial charge is 0.862 e. The van der Waals surface area contributed by atoms with Gasteiger partial charge in [0, 0.05) is 0 Å². The summed E-state index contributed by atoms with van der Waals surface area (Å²) in [5.41, 5.74) is 0. The molecule has 2 N–H and O–H groups in total. The first kappa shape index (κ1) is 23.2. The van der Waals surface area contributed by atoms with Crippen molar-refractivity contribution in [1.82, 2.24) is 0 Å². The number of carboxylic acids is 1. The van der Waals surface area contributed by atoms with Gasteiger partial charge in [0.15, 0.2) is 6.04 Å². The summed E-state index contributed by atoms with van der Waals surface area (Å²) in [6.07, 6.45) is 8.18. The molecular formula is C15H28NNaO4. The van der Waals surface area contributed by atoms with Crippen molar-refractivity contribution in [1.29, 1.82) is 0 Å². The van der Waals surface area contributed by atoms with Gasteiger partial charge in [-0.15, -0.1) is 0 Å². The van der Waals surface area contributed by atoms with Gasteiger partial charge in [0.05, 0.1) is 6.10 Å². The van der Waals surface area contributed by atoms with Crippen LogP contribution in [0.4, 0.5) is 0 Å². The Morgan fingerprint density at radius 1 is 1.10 bits per heavy atom. The summed E-state index contributed by atoms with van der Waals surface area (Å²) in [5.74, 6) is -1.69. The molecule has 0 saturated heterocycles. The number of hydrogen-bond donors (Lipinski definition) is 2. The first-order chi connectivity index (χ1) is 9.49. The van der Waals surface area contributed by atoms with E-state index in [1.54, 1.807) is 0 Å². The molecule has 0 aliphatic carbocycles. The minimum absolute atomic E-state index is 0. The van der Waals surface area contributed by atoms with E-state index in [1.165, 1.54) is 39.0 Å². The summed E-state index contributed by atoms with van der Waals surface area (Å²) in [7, 11) is 0. The average Bonchev–Trinajstić information content (AvgIpc) is 2.38. The van der Waals surface area contributed by atoms with Gasteiger partial charge in [-0.05, 0) is 25.7 Å². The Hall–Kier alpha value is -0.100. The maximum Gasteiger partial charge on any atom is 1.00 e. The van der Waals surface area contributed by atoms with Crippen LogP contribution in [0.1, 0.15) is 71.6 Å². The van der Waals surface area contributed by atoms with Crippen LogP contribution in [0, 0.1) is 0 Å². The van der Waals surface area contributed by atoms with Gasteiger partial charge in [0.25, 0.3) is 0 Å². The monoisotopic (exact) mass is 309 g/mol. The van der Waals surface area contributed by atoms with Crippen molar-refractivity contribution in [3.8, 4) is 0 Å². The molecule has 0 aromatic carbocycles. The molecule has 0 saturated carbocycles. The first-order valence-corrected chi connectivity index (χ1v) is 7.63. The Morgan fingerprint density at radius 3 is 2.00 bits per heavy atom. The largest absolute Gasteiger partial charge is 1.00 e. The number of aliphatic hydroxyl groups excluding tert-OH is 1. The molecule has 0 rings (SSSR count). The number of rotatable bonds is 12. The molecule has 0 aromatic rings. The Bertz CT molecular complexity index is 295. The summed E-state index contributed by atoms with van der Waals surface area (Å²) in [6, 6.07) is -1.34. The minimum atomic E-state index is -1.34. The van der Waals surface area contributed by atoms with Gasteiger partial charge in [0.2, 0.25) is 0 Å². The predicted octanol–water partition coefficient (Wildman–Crippen LogP) is -0.886. The fourth-order valence-corrected chi connectivity index (χ4v) is 2.00. The van der Waals surface area contributed by atoms with E-state index in [1.807, 2.05) is 0 Å². The van der Waals surface area contributed by atoms with Gasteiger partial charge in [0.1, 0.15) is 0 Å². The van der Waals surface area contributed by atoms with Crippen LogP contribution in [-0.2, 0) is 4.79 Å². The normalized spacial score (nSPS) is 14.3. The molecule has 0 bridgehead atoms. The van der Waals surface area contributed by atoms with E-state index in [-0.39, 0.29) is 36.0 Å². The third-order valence-corrected chi connectivity index (χ3v) is 3.24. The van der Waals surface area contributed by atoms with Crippen LogP contribution < -0.4 is 34.7 Å². The summed E-state index contributed by atoms with van der Waals surface area (Å²) < 4.78 is 0. The van der Waals surface area contributed by atoms with Gasteiger partial charge >= 0.3 is 35.5 Å². The van der Waals surface area contributed by atoms with E-state index in [9.17, 15) is 15.0 Å². The Balaban J connectivity index is 0.